The highest BCUT2D eigenvalue weighted by Gasteiger charge is 2.29. The Labute approximate surface area is 116 Å². The van der Waals surface area contributed by atoms with Crippen LogP contribution >= 0.6 is 0 Å². The van der Waals surface area contributed by atoms with E-state index in [4.69, 9.17) is 5.11 Å². The van der Waals surface area contributed by atoms with Crippen molar-refractivity contribution >= 4 is 5.97 Å². The van der Waals surface area contributed by atoms with Crippen LogP contribution in [0.5, 0.6) is 0 Å². The summed E-state index contributed by atoms with van der Waals surface area (Å²) in [6, 6.07) is 8.69. The molecular weight excluding hydrogens is 256 g/mol. The largest absolute Gasteiger partial charge is 0.476 e. The molecule has 0 spiro atoms. The molecule has 0 bridgehead atoms. The van der Waals surface area contributed by atoms with Gasteiger partial charge < -0.3 is 5.11 Å². The number of benzene rings is 1. The SMILES string of the molecule is Cc1cccc(CN2CC(n3cc(C(=O)O)nn3)C2)c1. The molecule has 1 fully saturated rings. The Kier molecular flexibility index (Phi) is 3.23. The lowest BCUT2D eigenvalue weighted by Gasteiger charge is -2.38. The van der Waals surface area contributed by atoms with Gasteiger partial charge in [-0.2, -0.15) is 0 Å². The minimum Gasteiger partial charge on any atom is -0.476 e. The molecule has 20 heavy (non-hydrogen) atoms. The van der Waals surface area contributed by atoms with Crippen LogP contribution in [-0.4, -0.2) is 44.1 Å². The summed E-state index contributed by atoms with van der Waals surface area (Å²) < 4.78 is 1.65. The van der Waals surface area contributed by atoms with Gasteiger partial charge in [0.15, 0.2) is 5.69 Å². The number of carboxylic acid groups (broad SMARTS) is 1. The van der Waals surface area contributed by atoms with E-state index in [1.807, 2.05) is 0 Å². The summed E-state index contributed by atoms with van der Waals surface area (Å²) in [6.07, 6.45) is 1.50. The summed E-state index contributed by atoms with van der Waals surface area (Å²) in [6.45, 7) is 4.75. The van der Waals surface area contributed by atoms with E-state index < -0.39 is 5.97 Å². The Morgan fingerprint density at radius 3 is 2.90 bits per heavy atom. The summed E-state index contributed by atoms with van der Waals surface area (Å²) in [5, 5.41) is 16.3. The quantitative estimate of drug-likeness (QED) is 0.909. The fourth-order valence-corrected chi connectivity index (χ4v) is 2.46. The fourth-order valence-electron chi connectivity index (χ4n) is 2.46. The van der Waals surface area contributed by atoms with Crippen molar-refractivity contribution in [2.75, 3.05) is 13.1 Å². The van der Waals surface area contributed by atoms with Gasteiger partial charge in [0.1, 0.15) is 0 Å². The van der Waals surface area contributed by atoms with Gasteiger partial charge in [0, 0.05) is 19.6 Å². The molecular formula is C14H16N4O2. The number of aromatic nitrogens is 3. The smallest absolute Gasteiger partial charge is 0.358 e. The molecule has 1 N–H and O–H groups in total. The van der Waals surface area contributed by atoms with E-state index in [1.165, 1.54) is 17.3 Å². The number of nitrogens with zero attached hydrogens (tertiary/aromatic N) is 4. The van der Waals surface area contributed by atoms with Crippen LogP contribution in [0.2, 0.25) is 0 Å². The second kappa shape index (κ2) is 5.05. The third kappa shape index (κ3) is 2.55. The molecule has 0 unspecified atom stereocenters. The van der Waals surface area contributed by atoms with Crippen molar-refractivity contribution in [2.45, 2.75) is 19.5 Å². The molecule has 0 saturated carbocycles. The maximum Gasteiger partial charge on any atom is 0.358 e. The molecule has 6 heteroatoms. The number of carboxylic acids is 1. The van der Waals surface area contributed by atoms with Gasteiger partial charge in [-0.25, -0.2) is 9.48 Å². The molecule has 104 valence electrons. The van der Waals surface area contributed by atoms with Crippen molar-refractivity contribution in [3.05, 3.63) is 47.3 Å². The normalized spacial score (nSPS) is 16.1. The monoisotopic (exact) mass is 272 g/mol. The number of rotatable bonds is 4. The standard InChI is InChI=1S/C14H16N4O2/c1-10-3-2-4-11(5-10)6-17-7-12(8-17)18-9-13(14(19)20)15-16-18/h2-5,9,12H,6-8H2,1H3,(H,19,20). The first kappa shape index (κ1) is 12.8. The minimum atomic E-state index is -1.04. The summed E-state index contributed by atoms with van der Waals surface area (Å²) in [4.78, 5) is 13.1. The van der Waals surface area contributed by atoms with Gasteiger partial charge in [0.05, 0.1) is 12.2 Å². The number of carbonyl (C=O) groups is 1. The molecule has 3 rings (SSSR count). The Balaban J connectivity index is 1.57. The van der Waals surface area contributed by atoms with Crippen LogP contribution in [0.3, 0.4) is 0 Å². The Morgan fingerprint density at radius 2 is 2.25 bits per heavy atom. The van der Waals surface area contributed by atoms with E-state index in [-0.39, 0.29) is 11.7 Å². The summed E-state index contributed by atoms with van der Waals surface area (Å²) >= 11 is 0. The molecule has 1 aromatic carbocycles. The summed E-state index contributed by atoms with van der Waals surface area (Å²) in [5.74, 6) is -1.04. The first-order chi connectivity index (χ1) is 9.61. The van der Waals surface area contributed by atoms with Gasteiger partial charge in [-0.1, -0.05) is 35.0 Å². The van der Waals surface area contributed by atoms with Gasteiger partial charge in [0.2, 0.25) is 0 Å². The number of aryl methyl sites for hydroxylation is 1. The van der Waals surface area contributed by atoms with Crippen molar-refractivity contribution < 1.29 is 9.90 Å². The highest BCUT2D eigenvalue weighted by Crippen LogP contribution is 2.22. The van der Waals surface area contributed by atoms with E-state index >= 15 is 0 Å². The van der Waals surface area contributed by atoms with Crippen molar-refractivity contribution in [2.24, 2.45) is 0 Å². The zero-order chi connectivity index (χ0) is 14.1. The Hall–Kier alpha value is -2.21. The highest BCUT2D eigenvalue weighted by atomic mass is 16.4. The lowest BCUT2D eigenvalue weighted by molar-refractivity contribution is 0.0690. The maximum atomic E-state index is 10.8. The summed E-state index contributed by atoms with van der Waals surface area (Å²) in [5.41, 5.74) is 2.57. The van der Waals surface area contributed by atoms with Crippen LogP contribution in [0.1, 0.15) is 27.7 Å². The van der Waals surface area contributed by atoms with Gasteiger partial charge in [-0.15, -0.1) is 5.10 Å². The number of aromatic carboxylic acids is 1. The molecule has 1 saturated heterocycles. The Morgan fingerprint density at radius 1 is 1.45 bits per heavy atom. The van der Waals surface area contributed by atoms with E-state index in [9.17, 15) is 4.79 Å². The number of hydrogen-bond donors (Lipinski definition) is 1. The van der Waals surface area contributed by atoms with Crippen LogP contribution in [0, 0.1) is 6.92 Å². The second-order valence-corrected chi connectivity index (χ2v) is 5.23. The zero-order valence-corrected chi connectivity index (χ0v) is 11.2. The molecule has 0 aliphatic carbocycles. The van der Waals surface area contributed by atoms with Crippen LogP contribution in [0.4, 0.5) is 0 Å². The molecule has 0 amide bonds. The van der Waals surface area contributed by atoms with Crippen molar-refractivity contribution in [3.8, 4) is 0 Å². The highest BCUT2D eigenvalue weighted by molar-refractivity contribution is 5.84. The van der Waals surface area contributed by atoms with E-state index in [2.05, 4.69) is 46.4 Å². The average molecular weight is 272 g/mol. The lowest BCUT2D eigenvalue weighted by Crippen LogP contribution is -2.47. The maximum absolute atomic E-state index is 10.8. The lowest BCUT2D eigenvalue weighted by atomic mass is 10.1. The number of likely N-dealkylation sites (tertiary alicyclic amines) is 1. The van der Waals surface area contributed by atoms with Crippen molar-refractivity contribution in [1.29, 1.82) is 0 Å². The van der Waals surface area contributed by atoms with Crippen LogP contribution < -0.4 is 0 Å². The van der Waals surface area contributed by atoms with Crippen LogP contribution in [0.15, 0.2) is 30.5 Å². The second-order valence-electron chi connectivity index (χ2n) is 5.23. The fraction of sp³-hybridized carbons (Fsp3) is 0.357. The van der Waals surface area contributed by atoms with Gasteiger partial charge in [-0.3, -0.25) is 4.90 Å². The van der Waals surface area contributed by atoms with Gasteiger partial charge in [0.25, 0.3) is 0 Å². The Bertz CT molecular complexity index is 632. The van der Waals surface area contributed by atoms with E-state index in [1.54, 1.807) is 4.68 Å². The van der Waals surface area contributed by atoms with Crippen molar-refractivity contribution in [1.82, 2.24) is 19.9 Å². The van der Waals surface area contributed by atoms with E-state index in [0.717, 1.165) is 19.6 Å². The molecule has 2 aromatic rings. The number of hydrogen-bond acceptors (Lipinski definition) is 4. The average Bonchev–Trinajstić information content (AvgIpc) is 2.82. The predicted molar refractivity (Wildman–Crippen MR) is 72.5 cm³/mol. The molecule has 1 aliphatic rings. The molecule has 6 nitrogen and oxygen atoms in total. The van der Waals surface area contributed by atoms with Crippen LogP contribution in [-0.2, 0) is 6.54 Å². The van der Waals surface area contributed by atoms with Crippen LogP contribution in [0.25, 0.3) is 0 Å². The third-order valence-electron chi connectivity index (χ3n) is 3.53. The first-order valence-electron chi connectivity index (χ1n) is 6.55. The molecule has 1 aromatic heterocycles. The minimum absolute atomic E-state index is 0.00198. The van der Waals surface area contributed by atoms with E-state index in [0.29, 0.717) is 0 Å². The molecule has 0 atom stereocenters. The third-order valence-corrected chi connectivity index (χ3v) is 3.53. The van der Waals surface area contributed by atoms with Gasteiger partial charge in [-0.05, 0) is 12.5 Å². The first-order valence-corrected chi connectivity index (χ1v) is 6.55. The molecule has 1 aliphatic heterocycles. The predicted octanol–water partition coefficient (Wildman–Crippen LogP) is 1.34. The topological polar surface area (TPSA) is 71.2 Å². The zero-order valence-electron chi connectivity index (χ0n) is 11.2. The van der Waals surface area contributed by atoms with Gasteiger partial charge >= 0.3 is 5.97 Å². The molecule has 0 radical (unpaired) electrons. The van der Waals surface area contributed by atoms with Crippen molar-refractivity contribution in [3.63, 3.8) is 0 Å². The summed E-state index contributed by atoms with van der Waals surface area (Å²) in [7, 11) is 0. The molecule has 2 heterocycles.